The molecule has 1 saturated heterocycles. The van der Waals surface area contributed by atoms with Gasteiger partial charge in [-0.3, -0.25) is 4.18 Å². The second-order valence-electron chi connectivity index (χ2n) is 8.68. The number of halogens is 2. The molecule has 1 fully saturated rings. The molecule has 9 heteroatoms. The molecule has 2 aromatic carbocycles. The molecule has 2 aromatic rings. The van der Waals surface area contributed by atoms with Crippen LogP contribution in [0.25, 0.3) is 0 Å². The lowest BCUT2D eigenvalue weighted by molar-refractivity contribution is 0.0524. The Morgan fingerprint density at radius 2 is 1.76 bits per heavy atom. The Hall–Kier alpha value is -1.80. The topological polar surface area (TPSA) is 72.9 Å². The zero-order valence-electron chi connectivity index (χ0n) is 19.4. The molecule has 6 nitrogen and oxygen atoms in total. The van der Waals surface area contributed by atoms with Crippen LogP contribution >= 0.6 is 23.2 Å². The third-order valence-corrected chi connectivity index (χ3v) is 8.17. The summed E-state index contributed by atoms with van der Waals surface area (Å²) < 4.78 is 36.5. The average molecular weight is 528 g/mol. The summed E-state index contributed by atoms with van der Waals surface area (Å²) in [4.78, 5) is 13.4. The molecular weight excluding hydrogens is 497 g/mol. The highest BCUT2D eigenvalue weighted by Gasteiger charge is 2.36. The number of benzene rings is 2. The van der Waals surface area contributed by atoms with E-state index in [9.17, 15) is 13.2 Å². The summed E-state index contributed by atoms with van der Waals surface area (Å²) in [6.07, 6.45) is 0.658. The fraction of sp³-hybridized carbons (Fsp3) is 0.480. The molecular formula is C25H31Cl2NO5S. The highest BCUT2D eigenvalue weighted by atomic mass is 35.5. The number of aryl methyl sites for hydroxylation is 1. The number of hydrogen-bond acceptors (Lipinski definition) is 5. The van der Waals surface area contributed by atoms with Gasteiger partial charge >= 0.3 is 6.09 Å². The van der Waals surface area contributed by atoms with Crippen LogP contribution in [0.1, 0.15) is 37.3 Å². The Morgan fingerprint density at radius 1 is 1.09 bits per heavy atom. The van der Waals surface area contributed by atoms with Gasteiger partial charge in [0.1, 0.15) is 17.5 Å². The Morgan fingerprint density at radius 3 is 2.38 bits per heavy atom. The van der Waals surface area contributed by atoms with E-state index in [-0.39, 0.29) is 29.4 Å². The van der Waals surface area contributed by atoms with E-state index in [1.165, 1.54) is 12.1 Å². The Labute approximate surface area is 212 Å². The van der Waals surface area contributed by atoms with Crippen molar-refractivity contribution in [2.75, 3.05) is 13.1 Å². The van der Waals surface area contributed by atoms with Crippen LogP contribution in [0, 0.1) is 18.8 Å². The first-order valence-corrected chi connectivity index (χ1v) is 13.7. The fourth-order valence-corrected chi connectivity index (χ4v) is 5.76. The Bertz CT molecular complexity index is 1030. The highest BCUT2D eigenvalue weighted by molar-refractivity contribution is 7.86. The largest absolute Gasteiger partial charge is 0.445 e. The van der Waals surface area contributed by atoms with Gasteiger partial charge in [0, 0.05) is 13.1 Å². The number of ether oxygens (including phenoxy) is 1. The maximum absolute atomic E-state index is 12.8. The number of carbonyl (C=O) groups is 1. The molecule has 3 rings (SSSR count). The van der Waals surface area contributed by atoms with E-state index in [1.54, 1.807) is 17.0 Å². The monoisotopic (exact) mass is 527 g/mol. The summed E-state index contributed by atoms with van der Waals surface area (Å²) in [7, 11) is -4.01. The van der Waals surface area contributed by atoms with E-state index in [4.69, 9.17) is 32.1 Å². The van der Waals surface area contributed by atoms with Gasteiger partial charge in [0.2, 0.25) is 0 Å². The van der Waals surface area contributed by atoms with Gasteiger partial charge in [0.25, 0.3) is 10.1 Å². The minimum atomic E-state index is -4.01. The first-order valence-electron chi connectivity index (χ1n) is 11.4. The van der Waals surface area contributed by atoms with E-state index in [0.717, 1.165) is 17.5 Å². The quantitative estimate of drug-likeness (QED) is 0.297. The second-order valence-corrected chi connectivity index (χ2v) is 11.4. The van der Waals surface area contributed by atoms with Crippen molar-refractivity contribution in [3.8, 4) is 0 Å². The van der Waals surface area contributed by atoms with Gasteiger partial charge in [-0.15, -0.1) is 23.2 Å². The number of piperidine rings is 1. The fourth-order valence-electron chi connectivity index (χ4n) is 4.24. The van der Waals surface area contributed by atoms with Crippen LogP contribution in [0.5, 0.6) is 0 Å². The summed E-state index contributed by atoms with van der Waals surface area (Å²) in [5.74, 6) is 0.264. The smallest absolute Gasteiger partial charge is 0.410 e. The Kier molecular flexibility index (Phi) is 9.65. The maximum Gasteiger partial charge on any atom is 0.410 e. The zero-order chi connectivity index (χ0) is 24.7. The van der Waals surface area contributed by atoms with Crippen molar-refractivity contribution in [2.24, 2.45) is 11.8 Å². The molecule has 0 aliphatic carbocycles. The molecule has 0 bridgehead atoms. The van der Waals surface area contributed by atoms with E-state index >= 15 is 0 Å². The molecule has 0 unspecified atom stereocenters. The van der Waals surface area contributed by atoms with Crippen molar-refractivity contribution in [2.45, 2.75) is 55.6 Å². The summed E-state index contributed by atoms with van der Waals surface area (Å²) >= 11 is 12.3. The van der Waals surface area contributed by atoms with Crippen molar-refractivity contribution in [1.82, 2.24) is 4.90 Å². The number of carbonyl (C=O) groups excluding carboxylic acids is 1. The summed E-state index contributed by atoms with van der Waals surface area (Å²) in [6.45, 7) is 5.20. The number of likely N-dealkylation sites (tertiary alicyclic amines) is 1. The van der Waals surface area contributed by atoms with Gasteiger partial charge in [-0.2, -0.15) is 8.42 Å². The lowest BCUT2D eigenvalue weighted by Crippen LogP contribution is -2.45. The van der Waals surface area contributed by atoms with E-state index in [2.05, 4.69) is 0 Å². The van der Waals surface area contributed by atoms with Crippen LogP contribution in [0.4, 0.5) is 4.79 Å². The molecule has 1 heterocycles. The Balaban J connectivity index is 1.60. The molecule has 1 amide bonds. The van der Waals surface area contributed by atoms with Crippen LogP contribution in [0.3, 0.4) is 0 Å². The normalized spacial score (nSPS) is 19.7. The maximum atomic E-state index is 12.8. The van der Waals surface area contributed by atoms with Crippen molar-refractivity contribution in [3.63, 3.8) is 0 Å². The SMILES string of the molecule is CC[C@H]1CN(C(=O)OCc2ccccc2)CC[C@H]1C[C@H](OS(=O)(=O)c1ccc(C)cc1)C(Cl)Cl. The van der Waals surface area contributed by atoms with Crippen molar-refractivity contribution >= 4 is 39.4 Å². The summed E-state index contributed by atoms with van der Waals surface area (Å²) in [5, 5.41) is 0. The number of hydrogen-bond donors (Lipinski definition) is 0. The molecule has 0 spiro atoms. The molecule has 0 saturated carbocycles. The first-order chi connectivity index (χ1) is 16.2. The number of nitrogens with zero attached hydrogens (tertiary/aromatic N) is 1. The minimum Gasteiger partial charge on any atom is -0.445 e. The van der Waals surface area contributed by atoms with Gasteiger partial charge in [-0.1, -0.05) is 61.4 Å². The van der Waals surface area contributed by atoms with Gasteiger partial charge in [0.05, 0.1) is 4.90 Å². The second kappa shape index (κ2) is 12.2. The van der Waals surface area contributed by atoms with E-state index in [0.29, 0.717) is 25.9 Å². The van der Waals surface area contributed by atoms with Gasteiger partial charge in [-0.05, 0) is 49.3 Å². The molecule has 1 aliphatic rings. The van der Waals surface area contributed by atoms with E-state index < -0.39 is 21.1 Å². The predicted octanol–water partition coefficient (Wildman–Crippen LogP) is 5.95. The average Bonchev–Trinajstić information content (AvgIpc) is 2.83. The third-order valence-electron chi connectivity index (χ3n) is 6.26. The molecule has 1 aliphatic heterocycles. The number of rotatable bonds is 9. The summed E-state index contributed by atoms with van der Waals surface area (Å²) in [6, 6.07) is 16.0. The molecule has 34 heavy (non-hydrogen) atoms. The molecule has 3 atom stereocenters. The lowest BCUT2D eigenvalue weighted by Gasteiger charge is -2.39. The summed E-state index contributed by atoms with van der Waals surface area (Å²) in [5.41, 5.74) is 1.88. The molecule has 0 aromatic heterocycles. The highest BCUT2D eigenvalue weighted by Crippen LogP contribution is 2.34. The van der Waals surface area contributed by atoms with Crippen LogP contribution in [-0.2, 0) is 25.6 Å². The molecule has 186 valence electrons. The van der Waals surface area contributed by atoms with Gasteiger partial charge in [0.15, 0.2) is 0 Å². The van der Waals surface area contributed by atoms with Crippen LogP contribution in [-0.4, -0.2) is 43.4 Å². The molecule has 0 N–H and O–H groups in total. The standard InChI is InChI=1S/C25H31Cl2NO5S/c1-3-20-16-28(25(29)32-17-19-7-5-4-6-8-19)14-13-21(20)15-23(24(26)27)33-34(30,31)22-11-9-18(2)10-12-22/h4-12,20-21,23-24H,3,13-17H2,1-2H3/t20-,21-,23-/m0/s1. The molecule has 0 radical (unpaired) electrons. The van der Waals surface area contributed by atoms with Crippen molar-refractivity contribution < 1.29 is 22.1 Å². The lowest BCUT2D eigenvalue weighted by atomic mass is 9.80. The van der Waals surface area contributed by atoms with Crippen molar-refractivity contribution in [3.05, 3.63) is 65.7 Å². The van der Waals surface area contributed by atoms with Crippen LogP contribution < -0.4 is 0 Å². The number of amides is 1. The minimum absolute atomic E-state index is 0.0695. The third kappa shape index (κ3) is 7.35. The zero-order valence-corrected chi connectivity index (χ0v) is 21.7. The van der Waals surface area contributed by atoms with Crippen LogP contribution in [0.15, 0.2) is 59.5 Å². The predicted molar refractivity (Wildman–Crippen MR) is 133 cm³/mol. The van der Waals surface area contributed by atoms with Crippen LogP contribution in [0.2, 0.25) is 0 Å². The van der Waals surface area contributed by atoms with Gasteiger partial charge in [-0.25, -0.2) is 4.79 Å². The first kappa shape index (κ1) is 26.8. The van der Waals surface area contributed by atoms with Crippen molar-refractivity contribution in [1.29, 1.82) is 0 Å². The van der Waals surface area contributed by atoms with Gasteiger partial charge < -0.3 is 9.64 Å². The van der Waals surface area contributed by atoms with E-state index in [1.807, 2.05) is 44.2 Å². The number of alkyl halides is 2.